The predicted molar refractivity (Wildman–Crippen MR) is 127 cm³/mol. The summed E-state index contributed by atoms with van der Waals surface area (Å²) in [5.41, 5.74) is 8.25. The van der Waals surface area contributed by atoms with Gasteiger partial charge in [-0.2, -0.15) is 5.10 Å². The largest absolute Gasteiger partial charge is 0.495 e. The van der Waals surface area contributed by atoms with Crippen molar-refractivity contribution in [1.82, 2.24) is 9.99 Å². The summed E-state index contributed by atoms with van der Waals surface area (Å²) in [4.78, 5) is 24.4. The molecule has 166 valence electrons. The fourth-order valence-electron chi connectivity index (χ4n) is 3.35. The zero-order chi connectivity index (χ0) is 23.4. The number of hydrogen-bond acceptors (Lipinski definition) is 4. The van der Waals surface area contributed by atoms with E-state index < -0.39 is 11.8 Å². The number of hydrazone groups is 1. The van der Waals surface area contributed by atoms with Gasteiger partial charge in [0, 0.05) is 27.7 Å². The Balaban J connectivity index is 1.71. The molecule has 0 aliphatic rings. The molecule has 32 heavy (non-hydrogen) atoms. The first-order valence-electron chi connectivity index (χ1n) is 9.95. The average molecular weight is 453 g/mol. The topological polar surface area (TPSA) is 84.7 Å². The lowest BCUT2D eigenvalue weighted by atomic mass is 10.2. The van der Waals surface area contributed by atoms with Crippen molar-refractivity contribution in [2.45, 2.75) is 27.7 Å². The molecule has 2 aromatic carbocycles. The molecule has 0 saturated heterocycles. The highest BCUT2D eigenvalue weighted by Gasteiger charge is 2.16. The highest BCUT2D eigenvalue weighted by molar-refractivity contribution is 6.39. The standard InChI is InChI=1S/C24H25ClN4O3/c1-14-6-9-22(32-5)21(10-14)27-23(30)24(31)28-26-13-18-11-16(3)29(17(18)4)19-8-7-15(2)20(25)12-19/h6-13H,1-5H3,(H,27,30)(H,28,31)/b26-13-. The van der Waals surface area contributed by atoms with E-state index in [1.807, 2.05) is 62.6 Å². The molecule has 7 nitrogen and oxygen atoms in total. The van der Waals surface area contributed by atoms with E-state index in [-0.39, 0.29) is 0 Å². The number of ether oxygens (including phenoxy) is 1. The quantitative estimate of drug-likeness (QED) is 0.340. The minimum absolute atomic E-state index is 0.414. The van der Waals surface area contributed by atoms with Gasteiger partial charge in [-0.3, -0.25) is 9.59 Å². The molecule has 0 unspecified atom stereocenters. The van der Waals surface area contributed by atoms with Crippen LogP contribution >= 0.6 is 11.6 Å². The summed E-state index contributed by atoms with van der Waals surface area (Å²) in [6, 6.07) is 13.1. The monoisotopic (exact) mass is 452 g/mol. The molecule has 1 heterocycles. The number of nitrogens with zero attached hydrogens (tertiary/aromatic N) is 2. The molecular formula is C24H25ClN4O3. The molecule has 2 amide bonds. The van der Waals surface area contributed by atoms with Gasteiger partial charge in [-0.15, -0.1) is 0 Å². The Morgan fingerprint density at radius 3 is 2.47 bits per heavy atom. The molecule has 1 aromatic heterocycles. The molecular weight excluding hydrogens is 428 g/mol. The third kappa shape index (κ3) is 5.00. The van der Waals surface area contributed by atoms with Gasteiger partial charge in [0.15, 0.2) is 0 Å². The zero-order valence-electron chi connectivity index (χ0n) is 18.6. The van der Waals surface area contributed by atoms with E-state index >= 15 is 0 Å². The normalized spacial score (nSPS) is 10.9. The molecule has 0 aliphatic carbocycles. The molecule has 0 bridgehead atoms. The van der Waals surface area contributed by atoms with Crippen LogP contribution in [0.4, 0.5) is 5.69 Å². The lowest BCUT2D eigenvalue weighted by Crippen LogP contribution is -2.32. The minimum atomic E-state index is -0.885. The van der Waals surface area contributed by atoms with Crippen LogP contribution in [0.5, 0.6) is 5.75 Å². The first kappa shape index (κ1) is 23.1. The van der Waals surface area contributed by atoms with Gasteiger partial charge in [-0.25, -0.2) is 5.43 Å². The number of carbonyl (C=O) groups is 2. The van der Waals surface area contributed by atoms with Crippen molar-refractivity contribution in [3.05, 3.63) is 75.6 Å². The molecule has 0 fully saturated rings. The highest BCUT2D eigenvalue weighted by Crippen LogP contribution is 2.25. The second-order valence-corrected chi connectivity index (χ2v) is 7.86. The number of carbonyl (C=O) groups excluding carboxylic acids is 2. The number of methoxy groups -OCH3 is 1. The van der Waals surface area contributed by atoms with Crippen LogP contribution < -0.4 is 15.5 Å². The molecule has 2 N–H and O–H groups in total. The first-order chi connectivity index (χ1) is 15.2. The molecule has 0 aliphatic heterocycles. The van der Waals surface area contributed by atoms with Gasteiger partial charge in [0.05, 0.1) is 19.0 Å². The van der Waals surface area contributed by atoms with E-state index in [2.05, 4.69) is 15.8 Å². The zero-order valence-corrected chi connectivity index (χ0v) is 19.4. The maximum Gasteiger partial charge on any atom is 0.329 e. The van der Waals surface area contributed by atoms with Crippen LogP contribution in [0.15, 0.2) is 47.6 Å². The lowest BCUT2D eigenvalue weighted by Gasteiger charge is -2.11. The van der Waals surface area contributed by atoms with Gasteiger partial charge in [-0.05, 0) is 69.2 Å². The molecule has 0 atom stereocenters. The van der Waals surface area contributed by atoms with Crippen LogP contribution in [-0.4, -0.2) is 29.7 Å². The van der Waals surface area contributed by atoms with Gasteiger partial charge < -0.3 is 14.6 Å². The predicted octanol–water partition coefficient (Wildman–Crippen LogP) is 4.46. The van der Waals surface area contributed by atoms with Crippen LogP contribution in [0.1, 0.15) is 28.1 Å². The van der Waals surface area contributed by atoms with Crippen LogP contribution in [0.2, 0.25) is 5.02 Å². The summed E-state index contributed by atoms with van der Waals surface area (Å²) < 4.78 is 7.26. The van der Waals surface area contributed by atoms with E-state index in [9.17, 15) is 9.59 Å². The van der Waals surface area contributed by atoms with Crippen molar-refractivity contribution >= 4 is 35.3 Å². The lowest BCUT2D eigenvalue weighted by molar-refractivity contribution is -0.136. The molecule has 0 radical (unpaired) electrons. The van der Waals surface area contributed by atoms with Crippen molar-refractivity contribution < 1.29 is 14.3 Å². The van der Waals surface area contributed by atoms with E-state index in [1.54, 1.807) is 12.1 Å². The van der Waals surface area contributed by atoms with Gasteiger partial charge in [0.1, 0.15) is 5.75 Å². The maximum atomic E-state index is 12.2. The molecule has 3 rings (SSSR count). The van der Waals surface area contributed by atoms with Crippen LogP contribution in [0.3, 0.4) is 0 Å². The highest BCUT2D eigenvalue weighted by atomic mass is 35.5. The van der Waals surface area contributed by atoms with Gasteiger partial charge in [0.2, 0.25) is 0 Å². The summed E-state index contributed by atoms with van der Waals surface area (Å²) in [6.07, 6.45) is 1.51. The average Bonchev–Trinajstić information content (AvgIpc) is 3.03. The van der Waals surface area contributed by atoms with E-state index in [1.165, 1.54) is 13.3 Å². The number of aryl methyl sites for hydroxylation is 3. The van der Waals surface area contributed by atoms with Crippen molar-refractivity contribution in [3.8, 4) is 11.4 Å². The van der Waals surface area contributed by atoms with Gasteiger partial charge in [-0.1, -0.05) is 23.7 Å². The minimum Gasteiger partial charge on any atom is -0.495 e. The Labute approximate surface area is 192 Å². The third-order valence-corrected chi connectivity index (χ3v) is 5.47. The van der Waals surface area contributed by atoms with Crippen molar-refractivity contribution in [3.63, 3.8) is 0 Å². The number of rotatable bonds is 5. The second kappa shape index (κ2) is 9.70. The Bertz CT molecular complexity index is 1210. The Kier molecular flexibility index (Phi) is 7.00. The fraction of sp³-hybridized carbons (Fsp3) is 0.208. The Morgan fingerprint density at radius 2 is 1.78 bits per heavy atom. The van der Waals surface area contributed by atoms with E-state index in [0.29, 0.717) is 16.5 Å². The molecule has 0 spiro atoms. The van der Waals surface area contributed by atoms with Crippen LogP contribution in [0.25, 0.3) is 5.69 Å². The summed E-state index contributed by atoms with van der Waals surface area (Å²) in [5, 5.41) is 7.18. The summed E-state index contributed by atoms with van der Waals surface area (Å²) in [6.45, 7) is 7.74. The molecule has 8 heteroatoms. The maximum absolute atomic E-state index is 12.2. The Morgan fingerprint density at radius 1 is 1.03 bits per heavy atom. The smallest absolute Gasteiger partial charge is 0.329 e. The molecule has 0 saturated carbocycles. The second-order valence-electron chi connectivity index (χ2n) is 7.45. The number of hydrogen-bond donors (Lipinski definition) is 2. The van der Waals surface area contributed by atoms with Crippen LogP contribution in [-0.2, 0) is 9.59 Å². The summed E-state index contributed by atoms with van der Waals surface area (Å²) >= 11 is 6.28. The number of amides is 2. The molecule has 3 aromatic rings. The SMILES string of the molecule is COc1ccc(C)cc1NC(=O)C(=O)N/N=C\c1cc(C)n(-c2ccc(C)c(Cl)c2)c1C. The van der Waals surface area contributed by atoms with Gasteiger partial charge >= 0.3 is 11.8 Å². The fourth-order valence-corrected chi connectivity index (χ4v) is 3.52. The Hall–Kier alpha value is -3.58. The van der Waals surface area contributed by atoms with E-state index in [0.717, 1.165) is 33.8 Å². The van der Waals surface area contributed by atoms with Gasteiger partial charge in [0.25, 0.3) is 0 Å². The number of aromatic nitrogens is 1. The van der Waals surface area contributed by atoms with E-state index in [4.69, 9.17) is 16.3 Å². The summed E-state index contributed by atoms with van der Waals surface area (Å²) in [5.74, 6) is -1.27. The number of anilines is 1. The third-order valence-electron chi connectivity index (χ3n) is 5.06. The van der Waals surface area contributed by atoms with Crippen molar-refractivity contribution in [2.24, 2.45) is 5.10 Å². The summed E-state index contributed by atoms with van der Waals surface area (Å²) in [7, 11) is 1.49. The number of benzene rings is 2. The first-order valence-corrected chi connectivity index (χ1v) is 10.3. The number of nitrogens with one attached hydrogen (secondary N) is 2. The van der Waals surface area contributed by atoms with Crippen molar-refractivity contribution in [2.75, 3.05) is 12.4 Å². The van der Waals surface area contributed by atoms with Crippen molar-refractivity contribution in [1.29, 1.82) is 0 Å². The van der Waals surface area contributed by atoms with Crippen LogP contribution in [0, 0.1) is 27.7 Å². The number of halogens is 1.